The van der Waals surface area contributed by atoms with Crippen LogP contribution in [0.4, 0.5) is 4.79 Å². The van der Waals surface area contributed by atoms with E-state index in [1.807, 2.05) is 26.2 Å². The third-order valence-corrected chi connectivity index (χ3v) is 4.71. The van der Waals surface area contributed by atoms with Gasteiger partial charge in [0.05, 0.1) is 12.6 Å². The normalized spacial score (nSPS) is 15.0. The average Bonchev–Trinajstić information content (AvgIpc) is 3.03. The molecule has 0 unspecified atom stereocenters. The predicted molar refractivity (Wildman–Crippen MR) is 89.6 cm³/mol. The van der Waals surface area contributed by atoms with E-state index in [-0.39, 0.29) is 18.6 Å². The summed E-state index contributed by atoms with van der Waals surface area (Å²) in [6.45, 7) is 9.15. The second kappa shape index (κ2) is 6.72. The molecule has 2 rings (SSSR count). The van der Waals surface area contributed by atoms with E-state index in [9.17, 15) is 9.90 Å². The second-order valence-electron chi connectivity index (χ2n) is 5.98. The molecule has 0 aliphatic rings. The molecule has 2 amide bonds. The van der Waals surface area contributed by atoms with Gasteiger partial charge in [0.1, 0.15) is 22.1 Å². The Balaban J connectivity index is 1.92. The molecule has 0 spiro atoms. The van der Waals surface area contributed by atoms with Crippen LogP contribution in [-0.4, -0.2) is 22.7 Å². The maximum Gasteiger partial charge on any atom is 0.315 e. The number of aliphatic hydroxyl groups is 1. The van der Waals surface area contributed by atoms with Crippen molar-refractivity contribution in [3.63, 3.8) is 0 Å². The lowest BCUT2D eigenvalue weighted by Gasteiger charge is -2.24. The van der Waals surface area contributed by atoms with Crippen LogP contribution in [0.1, 0.15) is 47.7 Å². The van der Waals surface area contributed by atoms with Gasteiger partial charge < -0.3 is 20.2 Å². The summed E-state index contributed by atoms with van der Waals surface area (Å²) in [5.41, 5.74) is 0.423. The summed E-state index contributed by atoms with van der Waals surface area (Å²) in [5.74, 6) is 1.39. The molecule has 7 heteroatoms. The molecular weight excluding hydrogens is 314 g/mol. The Labute approximate surface area is 139 Å². The van der Waals surface area contributed by atoms with Crippen molar-refractivity contribution in [2.24, 2.45) is 0 Å². The number of hydrogen-bond donors (Lipinski definition) is 3. The summed E-state index contributed by atoms with van der Waals surface area (Å²) >= 11 is 1.51. The van der Waals surface area contributed by atoms with E-state index in [4.69, 9.17) is 4.42 Å². The molecule has 0 aromatic carbocycles. The number of nitrogens with one attached hydrogen (secondary N) is 2. The van der Waals surface area contributed by atoms with Crippen molar-refractivity contribution in [2.45, 2.75) is 46.3 Å². The van der Waals surface area contributed by atoms with Crippen LogP contribution in [0.2, 0.25) is 0 Å². The molecule has 2 aromatic heterocycles. The van der Waals surface area contributed by atoms with Crippen LogP contribution in [0.3, 0.4) is 0 Å². The van der Waals surface area contributed by atoms with Crippen LogP contribution in [-0.2, 0) is 5.60 Å². The first kappa shape index (κ1) is 17.5. The zero-order chi connectivity index (χ0) is 17.2. The maximum absolute atomic E-state index is 12.0. The number of carbonyl (C=O) groups excluding carboxylic acids is 1. The van der Waals surface area contributed by atoms with Crippen molar-refractivity contribution < 1.29 is 14.3 Å². The third-order valence-electron chi connectivity index (χ3n) is 3.57. The van der Waals surface area contributed by atoms with Crippen LogP contribution < -0.4 is 10.6 Å². The highest BCUT2D eigenvalue weighted by Gasteiger charge is 2.28. The number of thiazole rings is 1. The number of aryl methyl sites for hydroxylation is 3. The summed E-state index contributed by atoms with van der Waals surface area (Å²) in [4.78, 5) is 16.4. The van der Waals surface area contributed by atoms with Gasteiger partial charge in [0, 0.05) is 16.6 Å². The van der Waals surface area contributed by atoms with Gasteiger partial charge in [0.25, 0.3) is 0 Å². The Morgan fingerprint density at radius 1 is 1.48 bits per heavy atom. The second-order valence-corrected chi connectivity index (χ2v) is 6.87. The fourth-order valence-corrected chi connectivity index (χ4v) is 3.20. The molecule has 2 aromatic rings. The van der Waals surface area contributed by atoms with Crippen molar-refractivity contribution in [3.05, 3.63) is 39.2 Å². The van der Waals surface area contributed by atoms with Gasteiger partial charge in [-0.05, 0) is 40.7 Å². The lowest BCUT2D eigenvalue weighted by atomic mass is 9.96. The average molecular weight is 337 g/mol. The Morgan fingerprint density at radius 3 is 2.70 bits per heavy atom. The first-order chi connectivity index (χ1) is 10.7. The van der Waals surface area contributed by atoms with Crippen molar-refractivity contribution >= 4 is 17.4 Å². The van der Waals surface area contributed by atoms with E-state index in [1.165, 1.54) is 11.3 Å². The molecule has 0 bridgehead atoms. The lowest BCUT2D eigenvalue weighted by Crippen LogP contribution is -2.44. The van der Waals surface area contributed by atoms with Gasteiger partial charge >= 0.3 is 6.03 Å². The number of amides is 2. The molecular formula is C16H23N3O3S. The summed E-state index contributed by atoms with van der Waals surface area (Å²) < 4.78 is 5.44. The van der Waals surface area contributed by atoms with E-state index in [2.05, 4.69) is 15.6 Å². The summed E-state index contributed by atoms with van der Waals surface area (Å²) in [6.07, 6.45) is 0. The zero-order valence-corrected chi connectivity index (χ0v) is 14.9. The largest absolute Gasteiger partial charge is 0.466 e. The molecule has 23 heavy (non-hydrogen) atoms. The topological polar surface area (TPSA) is 87.4 Å². The van der Waals surface area contributed by atoms with E-state index in [0.29, 0.717) is 11.3 Å². The Kier molecular flexibility index (Phi) is 5.11. The Hall–Kier alpha value is -1.86. The molecule has 3 N–H and O–H groups in total. The van der Waals surface area contributed by atoms with Crippen molar-refractivity contribution in [1.82, 2.24) is 15.6 Å². The predicted octanol–water partition coefficient (Wildman–Crippen LogP) is 2.93. The van der Waals surface area contributed by atoms with Gasteiger partial charge in [-0.25, -0.2) is 9.78 Å². The van der Waals surface area contributed by atoms with Gasteiger partial charge in [-0.2, -0.15) is 0 Å². The van der Waals surface area contributed by atoms with Crippen molar-refractivity contribution in [2.75, 3.05) is 6.54 Å². The minimum absolute atomic E-state index is 0.0856. The number of rotatable bonds is 5. The SMILES string of the molecule is Cc1csc([C@H](C)NC(=O)NC[C@](C)(O)c2cc(C)oc2C)n1. The standard InChI is InChI=1S/C16H23N3O3S/c1-9-7-23-14(18-9)11(3)19-15(20)17-8-16(5,21)13-6-10(2)22-12(13)4/h6-7,11,21H,8H2,1-5H3,(H2,17,19,20)/t11-,16-/m0/s1. The fourth-order valence-electron chi connectivity index (χ4n) is 2.39. The maximum atomic E-state index is 12.0. The summed E-state index contributed by atoms with van der Waals surface area (Å²) in [6, 6.07) is 1.26. The summed E-state index contributed by atoms with van der Waals surface area (Å²) in [7, 11) is 0. The van der Waals surface area contributed by atoms with E-state index in [0.717, 1.165) is 16.5 Å². The van der Waals surface area contributed by atoms with Crippen LogP contribution >= 0.6 is 11.3 Å². The van der Waals surface area contributed by atoms with E-state index >= 15 is 0 Å². The third kappa shape index (κ3) is 4.33. The van der Waals surface area contributed by atoms with Gasteiger partial charge in [-0.3, -0.25) is 0 Å². The van der Waals surface area contributed by atoms with E-state index in [1.54, 1.807) is 19.9 Å². The monoisotopic (exact) mass is 337 g/mol. The first-order valence-corrected chi connectivity index (χ1v) is 8.33. The zero-order valence-electron chi connectivity index (χ0n) is 14.1. The van der Waals surface area contributed by atoms with Gasteiger partial charge in [0.2, 0.25) is 0 Å². The number of carbonyl (C=O) groups is 1. The fraction of sp³-hybridized carbons (Fsp3) is 0.500. The lowest BCUT2D eigenvalue weighted by molar-refractivity contribution is 0.0578. The highest BCUT2D eigenvalue weighted by molar-refractivity contribution is 7.09. The molecule has 0 radical (unpaired) electrons. The molecule has 2 heterocycles. The van der Waals surface area contributed by atoms with Crippen molar-refractivity contribution in [1.29, 1.82) is 0 Å². The Bertz CT molecular complexity index is 691. The molecule has 0 aliphatic carbocycles. The van der Waals surface area contributed by atoms with Gasteiger partial charge in [-0.1, -0.05) is 0 Å². The highest BCUT2D eigenvalue weighted by atomic mass is 32.1. The highest BCUT2D eigenvalue weighted by Crippen LogP contribution is 2.26. The summed E-state index contributed by atoms with van der Waals surface area (Å²) in [5, 5.41) is 18.9. The van der Waals surface area contributed by atoms with Crippen molar-refractivity contribution in [3.8, 4) is 0 Å². The Morgan fingerprint density at radius 2 is 2.17 bits per heavy atom. The number of aromatic nitrogens is 1. The van der Waals surface area contributed by atoms with Crippen LogP contribution in [0, 0.1) is 20.8 Å². The number of hydrogen-bond acceptors (Lipinski definition) is 5. The molecule has 6 nitrogen and oxygen atoms in total. The smallest absolute Gasteiger partial charge is 0.315 e. The van der Waals surface area contributed by atoms with Crippen LogP contribution in [0.15, 0.2) is 15.9 Å². The minimum Gasteiger partial charge on any atom is -0.466 e. The molecule has 0 saturated carbocycles. The van der Waals surface area contributed by atoms with Crippen LogP contribution in [0.25, 0.3) is 0 Å². The van der Waals surface area contributed by atoms with Gasteiger partial charge in [-0.15, -0.1) is 11.3 Å². The molecule has 126 valence electrons. The minimum atomic E-state index is -1.19. The first-order valence-electron chi connectivity index (χ1n) is 7.45. The number of furan rings is 1. The number of nitrogens with zero attached hydrogens (tertiary/aromatic N) is 1. The molecule has 0 aliphatic heterocycles. The van der Waals surface area contributed by atoms with Crippen LogP contribution in [0.5, 0.6) is 0 Å². The molecule has 0 saturated heterocycles. The number of urea groups is 1. The molecule has 2 atom stereocenters. The van der Waals surface area contributed by atoms with Gasteiger partial charge in [0.15, 0.2) is 0 Å². The molecule has 0 fully saturated rings. The van der Waals surface area contributed by atoms with E-state index < -0.39 is 5.60 Å². The quantitative estimate of drug-likeness (QED) is 0.783.